The van der Waals surface area contributed by atoms with Crippen molar-refractivity contribution < 1.29 is 10.2 Å². The van der Waals surface area contributed by atoms with E-state index in [1.54, 1.807) is 0 Å². The van der Waals surface area contributed by atoms with E-state index in [4.69, 9.17) is 10.2 Å². The molecule has 0 aromatic carbocycles. The van der Waals surface area contributed by atoms with Gasteiger partial charge in [0.2, 0.25) is 0 Å². The molecule has 4 nitrogen and oxygen atoms in total. The van der Waals surface area contributed by atoms with Crippen molar-refractivity contribution in [1.82, 2.24) is 5.06 Å². The molecule has 0 heterocycles. The monoisotopic (exact) mass is 120 g/mol. The van der Waals surface area contributed by atoms with Crippen LogP contribution in [0.25, 0.3) is 0 Å². The molecule has 0 aliphatic heterocycles. The van der Waals surface area contributed by atoms with E-state index in [-0.39, 0.29) is 5.06 Å². The van der Waals surface area contributed by atoms with Crippen LogP contribution in [0, 0.1) is 5.21 Å². The van der Waals surface area contributed by atoms with Crippen LogP contribution in [-0.2, 0) is 0 Å². The van der Waals surface area contributed by atoms with Crippen LogP contribution in [0.2, 0.25) is 0 Å². The Kier molecular flexibility index (Phi) is 2.93. The quantitative estimate of drug-likeness (QED) is 0.379. The average molecular weight is 120 g/mol. The minimum atomic E-state index is -1.13. The molecule has 0 aliphatic carbocycles. The number of hydrogen-bond acceptors (Lipinski definition) is 4. The Morgan fingerprint density at radius 1 is 1.25 bits per heavy atom. The average Bonchev–Trinajstić information content (AvgIpc) is 1.64. The van der Waals surface area contributed by atoms with Gasteiger partial charge < -0.3 is 20.5 Å². The number of hydroxylamine groups is 2. The molecule has 8 heavy (non-hydrogen) atoms. The zero-order valence-corrected chi connectivity index (χ0v) is 4.90. The second-order valence-corrected chi connectivity index (χ2v) is 1.62. The third-order valence-corrected chi connectivity index (χ3v) is 0.737. The van der Waals surface area contributed by atoms with Gasteiger partial charge in [-0.25, -0.2) is 0 Å². The molecule has 4 heteroatoms. The van der Waals surface area contributed by atoms with Gasteiger partial charge in [0, 0.05) is 0 Å². The zero-order valence-electron chi connectivity index (χ0n) is 4.90. The zero-order chi connectivity index (χ0) is 6.73. The Morgan fingerprint density at radius 2 is 1.50 bits per heavy atom. The molecule has 0 spiro atoms. The number of nitrogens with zero attached hydrogens (tertiary/aromatic N) is 1. The standard InChI is InChI=1S/C4H10NO3/c1-3(6)5(8)4(2)7/h3-4,6-7H,1-2H3/q-1. The van der Waals surface area contributed by atoms with Gasteiger partial charge in [-0.3, -0.25) is 0 Å². The Hall–Kier alpha value is -0.160. The van der Waals surface area contributed by atoms with Gasteiger partial charge in [-0.2, -0.15) is 0 Å². The second kappa shape index (κ2) is 2.99. The highest BCUT2D eigenvalue weighted by molar-refractivity contribution is 4.56. The molecule has 0 aromatic heterocycles. The first-order valence-electron chi connectivity index (χ1n) is 2.37. The van der Waals surface area contributed by atoms with Crippen LogP contribution in [0.15, 0.2) is 0 Å². The van der Waals surface area contributed by atoms with E-state index >= 15 is 0 Å². The van der Waals surface area contributed by atoms with Gasteiger partial charge in [0.1, 0.15) is 0 Å². The van der Waals surface area contributed by atoms with Gasteiger partial charge in [0.05, 0.1) is 12.5 Å². The third kappa shape index (κ3) is 2.23. The van der Waals surface area contributed by atoms with Crippen LogP contribution >= 0.6 is 0 Å². The van der Waals surface area contributed by atoms with Crippen molar-refractivity contribution in [2.24, 2.45) is 0 Å². The van der Waals surface area contributed by atoms with Crippen LogP contribution in [0.4, 0.5) is 0 Å². The number of hydrogen-bond donors (Lipinski definition) is 2. The fourth-order valence-electron chi connectivity index (χ4n) is 0.312. The van der Waals surface area contributed by atoms with Crippen molar-refractivity contribution in [3.63, 3.8) is 0 Å². The lowest BCUT2D eigenvalue weighted by Gasteiger charge is -2.33. The lowest BCUT2D eigenvalue weighted by atomic mass is 10.5. The van der Waals surface area contributed by atoms with Crippen molar-refractivity contribution in [3.05, 3.63) is 5.21 Å². The molecule has 2 atom stereocenters. The van der Waals surface area contributed by atoms with Crippen molar-refractivity contribution in [1.29, 1.82) is 0 Å². The van der Waals surface area contributed by atoms with E-state index in [9.17, 15) is 5.21 Å². The Labute approximate surface area is 47.9 Å². The number of aliphatic hydroxyl groups is 2. The molecule has 0 bridgehead atoms. The lowest BCUT2D eigenvalue weighted by Crippen LogP contribution is -2.34. The molecule has 0 saturated carbocycles. The summed E-state index contributed by atoms with van der Waals surface area (Å²) in [6.07, 6.45) is -2.26. The topological polar surface area (TPSA) is 66.8 Å². The first-order valence-corrected chi connectivity index (χ1v) is 2.37. The summed E-state index contributed by atoms with van der Waals surface area (Å²) in [5.41, 5.74) is 0. The molecule has 0 fully saturated rings. The van der Waals surface area contributed by atoms with Gasteiger partial charge in [-0.1, -0.05) is 0 Å². The minimum absolute atomic E-state index is 0.194. The molecule has 50 valence electrons. The van der Waals surface area contributed by atoms with Gasteiger partial charge in [-0.05, 0) is 13.8 Å². The largest absolute Gasteiger partial charge is 0.782 e. The molecule has 0 saturated heterocycles. The molecule has 0 aliphatic rings. The van der Waals surface area contributed by atoms with E-state index in [0.29, 0.717) is 0 Å². The molecule has 0 amide bonds. The third-order valence-electron chi connectivity index (χ3n) is 0.737. The Bertz CT molecular complexity index is 56.3. The molecule has 0 rings (SSSR count). The molecule has 2 unspecified atom stereocenters. The van der Waals surface area contributed by atoms with Crippen LogP contribution < -0.4 is 0 Å². The van der Waals surface area contributed by atoms with Crippen LogP contribution in [0.3, 0.4) is 0 Å². The first-order chi connectivity index (χ1) is 3.55. The van der Waals surface area contributed by atoms with Crippen molar-refractivity contribution in [3.8, 4) is 0 Å². The summed E-state index contributed by atoms with van der Waals surface area (Å²) in [4.78, 5) is 0. The van der Waals surface area contributed by atoms with Gasteiger partial charge in [0.25, 0.3) is 0 Å². The maximum atomic E-state index is 10.3. The van der Waals surface area contributed by atoms with E-state index in [1.807, 2.05) is 0 Å². The maximum Gasteiger partial charge on any atom is 0.0947 e. The van der Waals surface area contributed by atoms with Gasteiger partial charge >= 0.3 is 0 Å². The number of aliphatic hydroxyl groups excluding tert-OH is 2. The smallest absolute Gasteiger partial charge is 0.0947 e. The second-order valence-electron chi connectivity index (χ2n) is 1.62. The number of rotatable bonds is 2. The predicted octanol–water partition coefficient (Wildman–Crippen LogP) is -0.537. The minimum Gasteiger partial charge on any atom is -0.782 e. The summed E-state index contributed by atoms with van der Waals surface area (Å²) >= 11 is 0. The van der Waals surface area contributed by atoms with E-state index in [0.717, 1.165) is 0 Å². The van der Waals surface area contributed by atoms with E-state index in [1.165, 1.54) is 13.8 Å². The summed E-state index contributed by atoms with van der Waals surface area (Å²) in [7, 11) is 0. The van der Waals surface area contributed by atoms with E-state index < -0.39 is 12.5 Å². The van der Waals surface area contributed by atoms with Gasteiger partial charge in [-0.15, -0.1) is 0 Å². The summed E-state index contributed by atoms with van der Waals surface area (Å²) in [5, 5.41) is 27.3. The van der Waals surface area contributed by atoms with Gasteiger partial charge in [0.15, 0.2) is 0 Å². The SMILES string of the molecule is CC(O)N([O-])C(C)O. The maximum absolute atomic E-state index is 10.3. The molecular formula is C4H10NO3-. The molecule has 0 radical (unpaired) electrons. The van der Waals surface area contributed by atoms with Crippen LogP contribution in [0.1, 0.15) is 13.8 Å². The lowest BCUT2D eigenvalue weighted by molar-refractivity contribution is -0.0510. The van der Waals surface area contributed by atoms with Crippen LogP contribution in [0.5, 0.6) is 0 Å². The molecule has 2 N–H and O–H groups in total. The van der Waals surface area contributed by atoms with Crippen molar-refractivity contribution in [2.75, 3.05) is 0 Å². The highest BCUT2D eigenvalue weighted by atomic mass is 16.6. The normalized spacial score (nSPS) is 18.8. The Balaban J connectivity index is 3.46. The van der Waals surface area contributed by atoms with E-state index in [2.05, 4.69) is 0 Å². The summed E-state index contributed by atoms with van der Waals surface area (Å²) in [5.74, 6) is 0. The highest BCUT2D eigenvalue weighted by Gasteiger charge is 2.01. The fourth-order valence-corrected chi connectivity index (χ4v) is 0.312. The first kappa shape index (κ1) is 7.84. The highest BCUT2D eigenvalue weighted by Crippen LogP contribution is 1.95. The summed E-state index contributed by atoms with van der Waals surface area (Å²) in [6.45, 7) is 2.58. The van der Waals surface area contributed by atoms with Crippen molar-refractivity contribution >= 4 is 0 Å². The molecule has 0 aromatic rings. The Morgan fingerprint density at radius 3 is 1.50 bits per heavy atom. The summed E-state index contributed by atoms with van der Waals surface area (Å²) < 4.78 is 0. The summed E-state index contributed by atoms with van der Waals surface area (Å²) in [6, 6.07) is 0. The molecular weight excluding hydrogens is 110 g/mol. The van der Waals surface area contributed by atoms with Crippen LogP contribution in [-0.4, -0.2) is 27.7 Å². The van der Waals surface area contributed by atoms with Crippen molar-refractivity contribution in [2.45, 2.75) is 26.3 Å². The predicted molar refractivity (Wildman–Crippen MR) is 28.6 cm³/mol. The fraction of sp³-hybridized carbons (Fsp3) is 1.00.